The van der Waals surface area contributed by atoms with E-state index < -0.39 is 0 Å². The van der Waals surface area contributed by atoms with E-state index in [9.17, 15) is 0 Å². The molecule has 0 amide bonds. The van der Waals surface area contributed by atoms with Crippen molar-refractivity contribution in [3.8, 4) is 0 Å². The highest BCUT2D eigenvalue weighted by molar-refractivity contribution is 5.17. The van der Waals surface area contributed by atoms with E-state index in [0.717, 1.165) is 11.8 Å². The van der Waals surface area contributed by atoms with Gasteiger partial charge < -0.3 is 5.73 Å². The summed E-state index contributed by atoms with van der Waals surface area (Å²) in [5, 5.41) is 0. The van der Waals surface area contributed by atoms with E-state index in [0.29, 0.717) is 5.41 Å². The van der Waals surface area contributed by atoms with Crippen LogP contribution >= 0.6 is 0 Å². The van der Waals surface area contributed by atoms with Crippen molar-refractivity contribution in [3.05, 3.63) is 12.2 Å². The summed E-state index contributed by atoms with van der Waals surface area (Å²) in [6.07, 6.45) is 9.79. The molecule has 2 unspecified atom stereocenters. The van der Waals surface area contributed by atoms with Crippen LogP contribution in [0.3, 0.4) is 0 Å². The topological polar surface area (TPSA) is 26.0 Å². The van der Waals surface area contributed by atoms with Crippen molar-refractivity contribution in [2.45, 2.75) is 52.0 Å². The average Bonchev–Trinajstić information content (AvgIpc) is 2.74. The van der Waals surface area contributed by atoms with Gasteiger partial charge in [0.05, 0.1) is 0 Å². The summed E-state index contributed by atoms with van der Waals surface area (Å²) >= 11 is 0. The highest BCUT2D eigenvalue weighted by atomic mass is 14.8. The summed E-state index contributed by atoms with van der Waals surface area (Å²) in [5.41, 5.74) is 6.64. The second-order valence-electron chi connectivity index (χ2n) is 6.12. The molecule has 0 aromatic heterocycles. The summed E-state index contributed by atoms with van der Waals surface area (Å²) in [5.74, 6) is 1.58. The predicted molar refractivity (Wildman–Crippen MR) is 61.0 cm³/mol. The maximum Gasteiger partial charge on any atom is 0.0340 e. The van der Waals surface area contributed by atoms with Crippen LogP contribution in [0.25, 0.3) is 0 Å². The lowest BCUT2D eigenvalue weighted by molar-refractivity contribution is 0.279. The van der Waals surface area contributed by atoms with Crippen molar-refractivity contribution in [2.24, 2.45) is 23.0 Å². The van der Waals surface area contributed by atoms with Crippen LogP contribution in [-0.2, 0) is 0 Å². The van der Waals surface area contributed by atoms with Crippen LogP contribution in [0.5, 0.6) is 0 Å². The first-order chi connectivity index (χ1) is 6.43. The van der Waals surface area contributed by atoms with Gasteiger partial charge in [-0.15, -0.1) is 0 Å². The van der Waals surface area contributed by atoms with Gasteiger partial charge >= 0.3 is 0 Å². The lowest BCUT2D eigenvalue weighted by Crippen LogP contribution is -2.22. The molecule has 0 saturated heterocycles. The summed E-state index contributed by atoms with van der Waals surface area (Å²) in [4.78, 5) is 0. The minimum Gasteiger partial charge on any atom is -0.322 e. The van der Waals surface area contributed by atoms with Crippen LogP contribution in [0.4, 0.5) is 0 Å². The molecule has 0 bridgehead atoms. The molecule has 0 spiro atoms. The predicted octanol–water partition coefficient (Wildman–Crippen LogP) is 3.11. The van der Waals surface area contributed by atoms with Crippen molar-refractivity contribution in [2.75, 3.05) is 0 Å². The molecule has 1 nitrogen and oxygen atoms in total. The van der Waals surface area contributed by atoms with Gasteiger partial charge in [0.2, 0.25) is 0 Å². The smallest absolute Gasteiger partial charge is 0.0340 e. The molecule has 2 N–H and O–H groups in total. The highest BCUT2D eigenvalue weighted by Crippen LogP contribution is 2.47. The first-order valence-electron chi connectivity index (χ1n) is 5.91. The fourth-order valence-electron chi connectivity index (χ4n) is 2.77. The van der Waals surface area contributed by atoms with E-state index >= 15 is 0 Å². The van der Waals surface area contributed by atoms with Crippen LogP contribution < -0.4 is 5.73 Å². The SMILES string of the molecule is CC1CCC(C)(C)C1C=CC1(N)CC1. The Kier molecular flexibility index (Phi) is 2.26. The van der Waals surface area contributed by atoms with Crippen LogP contribution in [0, 0.1) is 17.3 Å². The minimum atomic E-state index is 0.0817. The second-order valence-corrected chi connectivity index (χ2v) is 6.12. The van der Waals surface area contributed by atoms with Gasteiger partial charge in [0.15, 0.2) is 0 Å². The van der Waals surface area contributed by atoms with Crippen molar-refractivity contribution in [1.82, 2.24) is 0 Å². The van der Waals surface area contributed by atoms with E-state index in [2.05, 4.69) is 32.9 Å². The third kappa shape index (κ3) is 1.88. The number of hydrogen-bond acceptors (Lipinski definition) is 1. The zero-order valence-corrected chi connectivity index (χ0v) is 9.72. The molecule has 2 atom stereocenters. The van der Waals surface area contributed by atoms with Crippen LogP contribution in [0.2, 0.25) is 0 Å². The highest BCUT2D eigenvalue weighted by Gasteiger charge is 2.40. The van der Waals surface area contributed by atoms with Crippen molar-refractivity contribution in [3.63, 3.8) is 0 Å². The summed E-state index contributed by atoms with van der Waals surface area (Å²) in [6, 6.07) is 0. The molecular formula is C13H23N. The minimum absolute atomic E-state index is 0.0817. The Labute approximate surface area is 87.8 Å². The molecule has 2 aliphatic carbocycles. The molecule has 0 radical (unpaired) electrons. The Bertz CT molecular complexity index is 248. The Morgan fingerprint density at radius 1 is 1.21 bits per heavy atom. The maximum atomic E-state index is 6.07. The fraction of sp³-hybridized carbons (Fsp3) is 0.846. The largest absolute Gasteiger partial charge is 0.322 e. The summed E-state index contributed by atoms with van der Waals surface area (Å²) < 4.78 is 0. The molecule has 2 fully saturated rings. The van der Waals surface area contributed by atoms with Gasteiger partial charge in [0.1, 0.15) is 0 Å². The van der Waals surface area contributed by atoms with Gasteiger partial charge in [-0.25, -0.2) is 0 Å². The molecule has 2 saturated carbocycles. The van der Waals surface area contributed by atoms with E-state index in [1.165, 1.54) is 25.7 Å². The van der Waals surface area contributed by atoms with Crippen LogP contribution in [0.15, 0.2) is 12.2 Å². The molecule has 14 heavy (non-hydrogen) atoms. The molecule has 2 rings (SSSR count). The van der Waals surface area contributed by atoms with Crippen molar-refractivity contribution in [1.29, 1.82) is 0 Å². The van der Waals surface area contributed by atoms with Gasteiger partial charge in [-0.05, 0) is 42.9 Å². The van der Waals surface area contributed by atoms with Crippen LogP contribution in [0.1, 0.15) is 46.5 Å². The standard InChI is InChI=1S/C13H23N/c1-10-4-6-12(2,3)11(10)5-7-13(14)8-9-13/h5,7,10-11H,4,6,8-9,14H2,1-3H3. The molecule has 0 aromatic rings. The lowest BCUT2D eigenvalue weighted by atomic mass is 9.78. The number of nitrogens with two attached hydrogens (primary N) is 1. The van der Waals surface area contributed by atoms with E-state index in [4.69, 9.17) is 5.73 Å². The van der Waals surface area contributed by atoms with Gasteiger partial charge in [0, 0.05) is 5.54 Å². The molecule has 1 heteroatoms. The third-order valence-electron chi connectivity index (χ3n) is 4.22. The first-order valence-corrected chi connectivity index (χ1v) is 5.91. The molecular weight excluding hydrogens is 170 g/mol. The number of hydrogen-bond donors (Lipinski definition) is 1. The zero-order valence-electron chi connectivity index (χ0n) is 9.72. The normalized spacial score (nSPS) is 39.1. The second kappa shape index (κ2) is 3.10. The number of allylic oxidation sites excluding steroid dienone is 1. The molecule has 80 valence electrons. The van der Waals surface area contributed by atoms with Crippen molar-refractivity contribution >= 4 is 0 Å². The quantitative estimate of drug-likeness (QED) is 0.670. The monoisotopic (exact) mass is 193 g/mol. The van der Waals surface area contributed by atoms with E-state index in [1.54, 1.807) is 0 Å². The Hall–Kier alpha value is -0.300. The maximum absolute atomic E-state index is 6.07. The zero-order chi connectivity index (χ0) is 10.4. The lowest BCUT2D eigenvalue weighted by Gasteiger charge is -2.27. The van der Waals surface area contributed by atoms with Gasteiger partial charge in [-0.3, -0.25) is 0 Å². The number of rotatable bonds is 2. The van der Waals surface area contributed by atoms with E-state index in [1.807, 2.05) is 0 Å². The van der Waals surface area contributed by atoms with Crippen molar-refractivity contribution < 1.29 is 0 Å². The molecule has 0 aromatic carbocycles. The van der Waals surface area contributed by atoms with E-state index in [-0.39, 0.29) is 5.54 Å². The van der Waals surface area contributed by atoms with Gasteiger partial charge in [0.25, 0.3) is 0 Å². The Balaban J connectivity index is 2.05. The first kappa shape index (κ1) is 10.2. The molecule has 2 aliphatic rings. The fourth-order valence-corrected chi connectivity index (χ4v) is 2.77. The Morgan fingerprint density at radius 2 is 1.86 bits per heavy atom. The van der Waals surface area contributed by atoms with Gasteiger partial charge in [-0.1, -0.05) is 32.9 Å². The van der Waals surface area contributed by atoms with Crippen LogP contribution in [-0.4, -0.2) is 5.54 Å². The average molecular weight is 193 g/mol. The third-order valence-corrected chi connectivity index (χ3v) is 4.22. The molecule has 0 aliphatic heterocycles. The molecule has 0 heterocycles. The summed E-state index contributed by atoms with van der Waals surface area (Å²) in [6.45, 7) is 7.16. The Morgan fingerprint density at radius 3 is 2.29 bits per heavy atom. The van der Waals surface area contributed by atoms with Gasteiger partial charge in [-0.2, -0.15) is 0 Å². The summed E-state index contributed by atoms with van der Waals surface area (Å²) in [7, 11) is 0.